The van der Waals surface area contributed by atoms with Crippen LogP contribution in [-0.4, -0.2) is 19.4 Å². The van der Waals surface area contributed by atoms with Crippen LogP contribution in [0.3, 0.4) is 0 Å². The van der Waals surface area contributed by atoms with E-state index in [0.29, 0.717) is 6.42 Å². The molecule has 0 heterocycles. The number of rotatable bonds is 4. The number of carbonyl (C=O) groups is 1. The molecule has 1 N–H and O–H groups in total. The van der Waals surface area contributed by atoms with Gasteiger partial charge in [0.25, 0.3) is 0 Å². The number of hydrogen-bond donors (Lipinski definition) is 1. The summed E-state index contributed by atoms with van der Waals surface area (Å²) in [5, 5.41) is 3.42. The van der Waals surface area contributed by atoms with E-state index in [0.717, 1.165) is 41.6 Å². The minimum atomic E-state index is -0.555. The molecule has 3 nitrogen and oxygen atoms in total. The van der Waals surface area contributed by atoms with Gasteiger partial charge in [-0.3, -0.25) is 4.79 Å². The maximum absolute atomic E-state index is 12.5. The highest BCUT2D eigenvalue weighted by Gasteiger charge is 2.42. The zero-order valence-electron chi connectivity index (χ0n) is 11.5. The van der Waals surface area contributed by atoms with Crippen molar-refractivity contribution < 1.29 is 9.53 Å². The largest absolute Gasteiger partial charge is 0.497 e. The fourth-order valence-electron chi connectivity index (χ4n) is 2.86. The standard InChI is InChI=1S/C15H20BrNO2/c1-3-17-15(9-5-4-6-14(15)18)12-10-11(19-2)7-8-13(12)16/h7-8,10,17H,3-6,9H2,1-2H3. The Balaban J connectivity index is 2.51. The van der Waals surface area contributed by atoms with Crippen molar-refractivity contribution in [2.45, 2.75) is 38.1 Å². The Bertz CT molecular complexity index is 471. The van der Waals surface area contributed by atoms with Crippen LogP contribution in [0.25, 0.3) is 0 Å². The van der Waals surface area contributed by atoms with Crippen LogP contribution in [0.5, 0.6) is 5.75 Å². The van der Waals surface area contributed by atoms with Crippen molar-refractivity contribution in [2.24, 2.45) is 0 Å². The lowest BCUT2D eigenvalue weighted by Gasteiger charge is -2.37. The molecule has 0 radical (unpaired) electrons. The first-order valence-electron chi connectivity index (χ1n) is 6.76. The lowest BCUT2D eigenvalue weighted by atomic mass is 9.75. The Kier molecular flexibility index (Phi) is 4.63. The van der Waals surface area contributed by atoms with Crippen LogP contribution < -0.4 is 10.1 Å². The number of Topliss-reactive ketones (excluding diaryl/α,β-unsaturated/α-hetero) is 1. The minimum Gasteiger partial charge on any atom is -0.497 e. The summed E-state index contributed by atoms with van der Waals surface area (Å²) in [6.07, 6.45) is 3.57. The average molecular weight is 326 g/mol. The quantitative estimate of drug-likeness (QED) is 0.921. The number of ketones is 1. The molecule has 1 aliphatic rings. The summed E-state index contributed by atoms with van der Waals surface area (Å²) in [4.78, 5) is 12.5. The molecule has 1 fully saturated rings. The molecular weight excluding hydrogens is 306 g/mol. The Hall–Kier alpha value is -0.870. The number of halogens is 1. The van der Waals surface area contributed by atoms with Crippen molar-refractivity contribution in [2.75, 3.05) is 13.7 Å². The van der Waals surface area contributed by atoms with Gasteiger partial charge in [-0.2, -0.15) is 0 Å². The molecule has 0 aromatic heterocycles. The van der Waals surface area contributed by atoms with Crippen LogP contribution in [0, 0.1) is 0 Å². The normalized spacial score (nSPS) is 23.4. The second kappa shape index (κ2) is 6.06. The van der Waals surface area contributed by atoms with Crippen molar-refractivity contribution in [3.63, 3.8) is 0 Å². The number of ether oxygens (including phenoxy) is 1. The first-order chi connectivity index (χ1) is 9.14. The second-order valence-electron chi connectivity index (χ2n) is 4.91. The molecule has 0 aliphatic heterocycles. The molecule has 1 saturated carbocycles. The highest BCUT2D eigenvalue weighted by atomic mass is 79.9. The van der Waals surface area contributed by atoms with E-state index in [4.69, 9.17) is 4.74 Å². The third-order valence-corrected chi connectivity index (χ3v) is 4.48. The summed E-state index contributed by atoms with van der Waals surface area (Å²) in [5.74, 6) is 1.07. The third-order valence-electron chi connectivity index (χ3n) is 3.79. The van der Waals surface area contributed by atoms with Gasteiger partial charge in [-0.15, -0.1) is 0 Å². The van der Waals surface area contributed by atoms with Crippen LogP contribution in [0.4, 0.5) is 0 Å². The molecule has 0 bridgehead atoms. The van der Waals surface area contributed by atoms with Crippen LogP contribution in [0.2, 0.25) is 0 Å². The molecule has 0 amide bonds. The fraction of sp³-hybridized carbons (Fsp3) is 0.533. The zero-order valence-corrected chi connectivity index (χ0v) is 13.0. The van der Waals surface area contributed by atoms with Gasteiger partial charge in [0.05, 0.1) is 7.11 Å². The first kappa shape index (κ1) is 14.5. The molecule has 1 aliphatic carbocycles. The molecule has 19 heavy (non-hydrogen) atoms. The predicted molar refractivity (Wildman–Crippen MR) is 79.5 cm³/mol. The van der Waals surface area contributed by atoms with Gasteiger partial charge in [-0.05, 0) is 43.1 Å². The van der Waals surface area contributed by atoms with Gasteiger partial charge >= 0.3 is 0 Å². The van der Waals surface area contributed by atoms with E-state index in [1.807, 2.05) is 25.1 Å². The second-order valence-corrected chi connectivity index (χ2v) is 5.77. The van der Waals surface area contributed by atoms with Crippen molar-refractivity contribution in [3.8, 4) is 5.75 Å². The summed E-state index contributed by atoms with van der Waals surface area (Å²) in [6, 6.07) is 5.83. The van der Waals surface area contributed by atoms with E-state index in [2.05, 4.69) is 21.2 Å². The summed E-state index contributed by atoms with van der Waals surface area (Å²) in [6.45, 7) is 2.81. The highest BCUT2D eigenvalue weighted by molar-refractivity contribution is 9.10. The molecule has 0 saturated heterocycles. The zero-order chi connectivity index (χ0) is 13.9. The van der Waals surface area contributed by atoms with E-state index in [1.165, 1.54) is 0 Å². The van der Waals surface area contributed by atoms with Crippen molar-refractivity contribution >= 4 is 21.7 Å². The minimum absolute atomic E-state index is 0.287. The Morgan fingerprint density at radius 1 is 1.42 bits per heavy atom. The van der Waals surface area contributed by atoms with Gasteiger partial charge in [0, 0.05) is 10.9 Å². The van der Waals surface area contributed by atoms with Gasteiger partial charge in [-0.25, -0.2) is 0 Å². The predicted octanol–water partition coefficient (Wildman–Crippen LogP) is 3.41. The van der Waals surface area contributed by atoms with Crippen molar-refractivity contribution in [3.05, 3.63) is 28.2 Å². The number of nitrogens with one attached hydrogen (secondary N) is 1. The van der Waals surface area contributed by atoms with Gasteiger partial charge < -0.3 is 10.1 Å². The molecular formula is C15H20BrNO2. The molecule has 1 unspecified atom stereocenters. The Morgan fingerprint density at radius 3 is 2.84 bits per heavy atom. The number of methoxy groups -OCH3 is 1. The molecule has 1 aromatic rings. The number of benzene rings is 1. The Morgan fingerprint density at radius 2 is 2.21 bits per heavy atom. The van der Waals surface area contributed by atoms with Crippen LogP contribution in [-0.2, 0) is 10.3 Å². The SMILES string of the molecule is CCNC1(c2cc(OC)ccc2Br)CCCCC1=O. The van der Waals surface area contributed by atoms with Gasteiger partial charge in [0.1, 0.15) is 11.3 Å². The molecule has 4 heteroatoms. The summed E-state index contributed by atoms with van der Waals surface area (Å²) >= 11 is 3.58. The fourth-order valence-corrected chi connectivity index (χ4v) is 3.44. The van der Waals surface area contributed by atoms with Crippen molar-refractivity contribution in [1.29, 1.82) is 0 Å². The van der Waals surface area contributed by atoms with E-state index in [-0.39, 0.29) is 5.78 Å². The van der Waals surface area contributed by atoms with E-state index < -0.39 is 5.54 Å². The molecule has 2 rings (SSSR count). The monoisotopic (exact) mass is 325 g/mol. The summed E-state index contributed by atoms with van der Waals surface area (Å²) in [5.41, 5.74) is 0.443. The number of likely N-dealkylation sites (N-methyl/N-ethyl adjacent to an activating group) is 1. The van der Waals surface area contributed by atoms with E-state index >= 15 is 0 Å². The molecule has 1 aromatic carbocycles. The third kappa shape index (κ3) is 2.70. The van der Waals surface area contributed by atoms with Gasteiger partial charge in [0.15, 0.2) is 5.78 Å². The smallest absolute Gasteiger partial charge is 0.157 e. The molecule has 0 spiro atoms. The Labute approximate surface area is 122 Å². The van der Waals surface area contributed by atoms with E-state index in [1.54, 1.807) is 7.11 Å². The lowest BCUT2D eigenvalue weighted by molar-refractivity contribution is -0.128. The number of carbonyl (C=O) groups excluding carboxylic acids is 1. The number of hydrogen-bond acceptors (Lipinski definition) is 3. The highest BCUT2D eigenvalue weighted by Crippen LogP contribution is 2.39. The molecule has 104 valence electrons. The first-order valence-corrected chi connectivity index (χ1v) is 7.55. The average Bonchev–Trinajstić information content (AvgIpc) is 2.42. The maximum Gasteiger partial charge on any atom is 0.157 e. The van der Waals surface area contributed by atoms with Crippen LogP contribution in [0.15, 0.2) is 22.7 Å². The van der Waals surface area contributed by atoms with E-state index in [9.17, 15) is 4.79 Å². The van der Waals surface area contributed by atoms with Gasteiger partial charge in [0.2, 0.25) is 0 Å². The van der Waals surface area contributed by atoms with Gasteiger partial charge in [-0.1, -0.05) is 29.3 Å². The van der Waals surface area contributed by atoms with Crippen molar-refractivity contribution in [1.82, 2.24) is 5.32 Å². The molecule has 1 atom stereocenters. The lowest BCUT2D eigenvalue weighted by Crippen LogP contribution is -2.51. The summed E-state index contributed by atoms with van der Waals surface area (Å²) < 4.78 is 6.26. The van der Waals surface area contributed by atoms with Crippen LogP contribution >= 0.6 is 15.9 Å². The summed E-state index contributed by atoms with van der Waals surface area (Å²) in [7, 11) is 1.65. The maximum atomic E-state index is 12.5. The van der Waals surface area contributed by atoms with Crippen LogP contribution in [0.1, 0.15) is 38.2 Å². The topological polar surface area (TPSA) is 38.3 Å².